The molecule has 2 aromatic rings. The molecule has 0 saturated carbocycles. The van der Waals surface area contributed by atoms with Crippen LogP contribution in [0.5, 0.6) is 0 Å². The Labute approximate surface area is 191 Å². The summed E-state index contributed by atoms with van der Waals surface area (Å²) in [6.45, 7) is 6.42. The average Bonchev–Trinajstić information content (AvgIpc) is 2.94. The summed E-state index contributed by atoms with van der Waals surface area (Å²) >= 11 is 12.8. The molecule has 4 nitrogen and oxygen atoms in total. The standard InChI is InChI=1S/C23H23ClN2O2S2/c1-14-11-15(2)21(16(3)12-14)25-20(27)9-6-10-26-22(28)19(30-23(26)29)13-17-7-4-5-8-18(17)24/h4-5,7-8,11-13H,6,9-10H2,1-3H3,(H,25,27)/b19-13-. The molecule has 1 fully saturated rings. The zero-order valence-electron chi connectivity index (χ0n) is 17.1. The average molecular weight is 459 g/mol. The van der Waals surface area contributed by atoms with E-state index in [0.29, 0.717) is 33.6 Å². The van der Waals surface area contributed by atoms with Crippen LogP contribution in [-0.4, -0.2) is 27.6 Å². The van der Waals surface area contributed by atoms with E-state index in [1.54, 1.807) is 17.0 Å². The van der Waals surface area contributed by atoms with Crippen LogP contribution in [0.1, 0.15) is 35.1 Å². The second kappa shape index (κ2) is 9.77. The summed E-state index contributed by atoms with van der Waals surface area (Å²) in [5, 5.41) is 3.58. The fraction of sp³-hybridized carbons (Fsp3) is 0.261. The van der Waals surface area contributed by atoms with Crippen molar-refractivity contribution in [3.05, 3.63) is 68.6 Å². The Kier molecular flexibility index (Phi) is 7.34. The molecule has 156 valence electrons. The van der Waals surface area contributed by atoms with E-state index in [4.69, 9.17) is 23.8 Å². The number of carbonyl (C=O) groups is 2. The van der Waals surface area contributed by atoms with Crippen LogP contribution in [0.4, 0.5) is 5.69 Å². The third kappa shape index (κ3) is 5.31. The smallest absolute Gasteiger partial charge is 0.266 e. The third-order valence-electron chi connectivity index (χ3n) is 4.79. The molecule has 1 N–H and O–H groups in total. The molecule has 0 bridgehead atoms. The Morgan fingerprint density at radius 1 is 1.20 bits per heavy atom. The number of nitrogens with one attached hydrogen (secondary N) is 1. The molecule has 2 amide bonds. The maximum absolute atomic E-state index is 12.7. The number of hydrogen-bond acceptors (Lipinski definition) is 4. The monoisotopic (exact) mass is 458 g/mol. The lowest BCUT2D eigenvalue weighted by Gasteiger charge is -2.15. The molecule has 0 spiro atoms. The molecule has 1 heterocycles. The van der Waals surface area contributed by atoms with Crippen LogP contribution >= 0.6 is 35.6 Å². The topological polar surface area (TPSA) is 49.4 Å². The Hall–Kier alpha value is -2.15. The molecule has 0 unspecified atom stereocenters. The van der Waals surface area contributed by atoms with Crippen LogP contribution in [-0.2, 0) is 9.59 Å². The van der Waals surface area contributed by atoms with Crippen molar-refractivity contribution in [2.75, 3.05) is 11.9 Å². The van der Waals surface area contributed by atoms with Gasteiger partial charge in [-0.3, -0.25) is 14.5 Å². The number of benzene rings is 2. The van der Waals surface area contributed by atoms with Crippen LogP contribution in [0, 0.1) is 20.8 Å². The minimum atomic E-state index is -0.143. The molecule has 7 heteroatoms. The zero-order valence-corrected chi connectivity index (χ0v) is 19.5. The Morgan fingerprint density at radius 2 is 1.87 bits per heavy atom. The van der Waals surface area contributed by atoms with Crippen LogP contribution in [0.15, 0.2) is 41.3 Å². The maximum atomic E-state index is 12.7. The number of anilines is 1. The van der Waals surface area contributed by atoms with Gasteiger partial charge in [0, 0.05) is 23.7 Å². The first-order chi connectivity index (χ1) is 14.3. The van der Waals surface area contributed by atoms with Gasteiger partial charge in [0.05, 0.1) is 4.91 Å². The van der Waals surface area contributed by atoms with Gasteiger partial charge in [-0.2, -0.15) is 0 Å². The van der Waals surface area contributed by atoms with Gasteiger partial charge in [-0.1, -0.05) is 71.5 Å². The van der Waals surface area contributed by atoms with Gasteiger partial charge in [0.15, 0.2) is 0 Å². The van der Waals surface area contributed by atoms with Crippen molar-refractivity contribution in [1.82, 2.24) is 4.90 Å². The normalized spacial score (nSPS) is 15.2. The molecule has 30 heavy (non-hydrogen) atoms. The van der Waals surface area contributed by atoms with Gasteiger partial charge in [-0.25, -0.2) is 0 Å². The summed E-state index contributed by atoms with van der Waals surface area (Å²) in [6, 6.07) is 11.4. The molecule has 1 saturated heterocycles. The second-order valence-electron chi connectivity index (χ2n) is 7.28. The van der Waals surface area contributed by atoms with E-state index in [9.17, 15) is 9.59 Å². The zero-order chi connectivity index (χ0) is 21.8. The highest BCUT2D eigenvalue weighted by atomic mass is 35.5. The summed E-state index contributed by atoms with van der Waals surface area (Å²) in [4.78, 5) is 27.2. The van der Waals surface area contributed by atoms with Crippen LogP contribution < -0.4 is 5.32 Å². The van der Waals surface area contributed by atoms with Crippen LogP contribution in [0.25, 0.3) is 6.08 Å². The van der Waals surface area contributed by atoms with Crippen molar-refractivity contribution >= 4 is 63.5 Å². The van der Waals surface area contributed by atoms with Gasteiger partial charge in [-0.15, -0.1) is 0 Å². The second-order valence-corrected chi connectivity index (χ2v) is 9.36. The molecule has 0 radical (unpaired) electrons. The van der Waals surface area contributed by atoms with Gasteiger partial charge in [0.1, 0.15) is 4.32 Å². The lowest BCUT2D eigenvalue weighted by molar-refractivity contribution is -0.122. The highest BCUT2D eigenvalue weighted by Gasteiger charge is 2.31. The van der Waals surface area contributed by atoms with Crippen molar-refractivity contribution in [3.63, 3.8) is 0 Å². The Bertz CT molecular complexity index is 1030. The molecule has 0 atom stereocenters. The Balaban J connectivity index is 1.57. The van der Waals surface area contributed by atoms with E-state index in [0.717, 1.165) is 22.4 Å². The fourth-order valence-electron chi connectivity index (χ4n) is 3.40. The molecule has 2 aromatic carbocycles. The summed E-state index contributed by atoms with van der Waals surface area (Å²) in [7, 11) is 0. The van der Waals surface area contributed by atoms with E-state index in [-0.39, 0.29) is 11.8 Å². The van der Waals surface area contributed by atoms with E-state index in [2.05, 4.69) is 5.32 Å². The lowest BCUT2D eigenvalue weighted by Crippen LogP contribution is -2.29. The minimum absolute atomic E-state index is 0.0675. The first-order valence-corrected chi connectivity index (χ1v) is 11.2. The Morgan fingerprint density at radius 3 is 2.53 bits per heavy atom. The quantitative estimate of drug-likeness (QED) is 0.433. The van der Waals surface area contributed by atoms with E-state index < -0.39 is 0 Å². The highest BCUT2D eigenvalue weighted by Crippen LogP contribution is 2.34. The molecular formula is C23H23ClN2O2S2. The van der Waals surface area contributed by atoms with Crippen molar-refractivity contribution in [2.24, 2.45) is 0 Å². The van der Waals surface area contributed by atoms with Gasteiger partial charge in [-0.05, 0) is 56.0 Å². The largest absolute Gasteiger partial charge is 0.326 e. The van der Waals surface area contributed by atoms with Crippen molar-refractivity contribution < 1.29 is 9.59 Å². The van der Waals surface area contributed by atoms with Crippen LogP contribution in [0.2, 0.25) is 5.02 Å². The number of amides is 2. The molecule has 1 aliphatic heterocycles. The number of aryl methyl sites for hydroxylation is 3. The third-order valence-corrected chi connectivity index (χ3v) is 6.51. The van der Waals surface area contributed by atoms with Crippen molar-refractivity contribution in [3.8, 4) is 0 Å². The number of thioether (sulfide) groups is 1. The first kappa shape index (κ1) is 22.5. The van der Waals surface area contributed by atoms with Gasteiger partial charge in [0.25, 0.3) is 5.91 Å². The number of carbonyl (C=O) groups excluding carboxylic acids is 2. The summed E-state index contributed by atoms with van der Waals surface area (Å²) in [5.41, 5.74) is 4.90. The summed E-state index contributed by atoms with van der Waals surface area (Å²) < 4.78 is 0.504. The lowest BCUT2D eigenvalue weighted by atomic mass is 10.0. The molecular weight excluding hydrogens is 436 g/mol. The predicted molar refractivity (Wildman–Crippen MR) is 130 cm³/mol. The minimum Gasteiger partial charge on any atom is -0.326 e. The fourth-order valence-corrected chi connectivity index (χ4v) is 4.89. The van der Waals surface area contributed by atoms with Gasteiger partial charge < -0.3 is 5.32 Å². The maximum Gasteiger partial charge on any atom is 0.266 e. The predicted octanol–water partition coefficient (Wildman–Crippen LogP) is 5.89. The summed E-state index contributed by atoms with van der Waals surface area (Å²) in [5.74, 6) is -0.211. The number of thiocarbonyl (C=S) groups is 1. The van der Waals surface area contributed by atoms with E-state index in [1.807, 2.05) is 51.1 Å². The molecule has 1 aliphatic rings. The first-order valence-electron chi connectivity index (χ1n) is 9.64. The SMILES string of the molecule is Cc1cc(C)c(NC(=O)CCCN2C(=O)/C(=C/c3ccccc3Cl)SC2=S)c(C)c1. The van der Waals surface area contributed by atoms with E-state index in [1.165, 1.54) is 17.3 Å². The number of halogens is 1. The summed E-state index contributed by atoms with van der Waals surface area (Å²) in [6.07, 6.45) is 2.60. The number of rotatable bonds is 6. The van der Waals surface area contributed by atoms with E-state index >= 15 is 0 Å². The van der Waals surface area contributed by atoms with Crippen molar-refractivity contribution in [1.29, 1.82) is 0 Å². The van der Waals surface area contributed by atoms with Gasteiger partial charge in [0.2, 0.25) is 5.91 Å². The molecule has 0 aliphatic carbocycles. The highest BCUT2D eigenvalue weighted by molar-refractivity contribution is 8.26. The van der Waals surface area contributed by atoms with Crippen LogP contribution in [0.3, 0.4) is 0 Å². The number of hydrogen-bond donors (Lipinski definition) is 1. The molecule has 3 rings (SSSR count). The van der Waals surface area contributed by atoms with Gasteiger partial charge >= 0.3 is 0 Å². The van der Waals surface area contributed by atoms with Crippen molar-refractivity contribution in [2.45, 2.75) is 33.6 Å². The molecule has 0 aromatic heterocycles. The number of nitrogens with zero attached hydrogens (tertiary/aromatic N) is 1.